The molecule has 1 heterocycles. The van der Waals surface area contributed by atoms with Gasteiger partial charge in [0.05, 0.1) is 0 Å². The molecule has 0 radical (unpaired) electrons. The number of nitrogens with zero attached hydrogens (tertiary/aromatic N) is 3. The van der Waals surface area contributed by atoms with Crippen LogP contribution in [-0.2, 0) is 0 Å². The molecular formula is C21H34N4. The quantitative estimate of drug-likeness (QED) is 0.446. The van der Waals surface area contributed by atoms with Gasteiger partial charge in [-0.2, -0.15) is 0 Å². The number of benzene rings is 1. The third-order valence-corrected chi connectivity index (χ3v) is 4.94. The Morgan fingerprint density at radius 1 is 1.16 bits per heavy atom. The van der Waals surface area contributed by atoms with Crippen LogP contribution in [-0.4, -0.2) is 62.1 Å². The van der Waals surface area contributed by atoms with Crippen molar-refractivity contribution in [1.29, 1.82) is 0 Å². The molecule has 25 heavy (non-hydrogen) atoms. The molecule has 0 aliphatic carbocycles. The van der Waals surface area contributed by atoms with Gasteiger partial charge in [-0.1, -0.05) is 50.3 Å². The first-order valence-electron chi connectivity index (χ1n) is 9.70. The fourth-order valence-electron chi connectivity index (χ4n) is 3.31. The van der Waals surface area contributed by atoms with E-state index in [1.807, 2.05) is 7.05 Å². The van der Waals surface area contributed by atoms with Gasteiger partial charge in [0.15, 0.2) is 5.96 Å². The van der Waals surface area contributed by atoms with Gasteiger partial charge in [-0.3, -0.25) is 4.99 Å². The maximum Gasteiger partial charge on any atom is 0.193 e. The van der Waals surface area contributed by atoms with Crippen molar-refractivity contribution in [3.8, 4) is 0 Å². The zero-order valence-electron chi connectivity index (χ0n) is 16.2. The Kier molecular flexibility index (Phi) is 8.53. The molecule has 2 rings (SSSR count). The predicted molar refractivity (Wildman–Crippen MR) is 109 cm³/mol. The third-order valence-electron chi connectivity index (χ3n) is 4.94. The minimum Gasteiger partial charge on any atom is -0.356 e. The highest BCUT2D eigenvalue weighted by atomic mass is 15.3. The Bertz CT molecular complexity index is 546. The van der Waals surface area contributed by atoms with Gasteiger partial charge >= 0.3 is 0 Å². The van der Waals surface area contributed by atoms with E-state index in [0.29, 0.717) is 0 Å². The molecule has 0 aromatic heterocycles. The predicted octanol–water partition coefficient (Wildman–Crippen LogP) is 3.47. The number of unbranched alkanes of at least 4 members (excludes halogenated alkanes) is 1. The topological polar surface area (TPSA) is 30.9 Å². The van der Waals surface area contributed by atoms with Crippen LogP contribution in [0.5, 0.6) is 0 Å². The van der Waals surface area contributed by atoms with Crippen LogP contribution in [0.1, 0.15) is 38.7 Å². The van der Waals surface area contributed by atoms with E-state index >= 15 is 0 Å². The first-order chi connectivity index (χ1) is 12.3. The first kappa shape index (κ1) is 19.5. The molecule has 0 fully saturated rings. The van der Waals surface area contributed by atoms with E-state index in [4.69, 9.17) is 0 Å². The summed E-state index contributed by atoms with van der Waals surface area (Å²) in [5, 5.41) is 3.53. The fraction of sp³-hybridized carbons (Fsp3) is 0.571. The van der Waals surface area contributed by atoms with Crippen molar-refractivity contribution in [1.82, 2.24) is 15.1 Å². The van der Waals surface area contributed by atoms with E-state index < -0.39 is 0 Å². The van der Waals surface area contributed by atoms with Gasteiger partial charge in [-0.05, 0) is 50.0 Å². The Balaban J connectivity index is 1.74. The maximum atomic E-state index is 4.47. The Labute approximate surface area is 153 Å². The average molecular weight is 343 g/mol. The molecule has 0 atom stereocenters. The molecule has 0 saturated heterocycles. The molecule has 1 aliphatic heterocycles. The van der Waals surface area contributed by atoms with Gasteiger partial charge in [-0.25, -0.2) is 0 Å². The van der Waals surface area contributed by atoms with E-state index in [0.717, 1.165) is 45.1 Å². The molecule has 138 valence electrons. The van der Waals surface area contributed by atoms with Gasteiger partial charge in [0.2, 0.25) is 0 Å². The smallest absolute Gasteiger partial charge is 0.193 e. The van der Waals surface area contributed by atoms with Crippen molar-refractivity contribution >= 4 is 11.5 Å². The Morgan fingerprint density at radius 3 is 2.52 bits per heavy atom. The summed E-state index contributed by atoms with van der Waals surface area (Å²) in [6.45, 7) is 10.9. The summed E-state index contributed by atoms with van der Waals surface area (Å²) >= 11 is 0. The van der Waals surface area contributed by atoms with Crippen molar-refractivity contribution in [3.63, 3.8) is 0 Å². The van der Waals surface area contributed by atoms with Gasteiger partial charge in [0.25, 0.3) is 0 Å². The molecule has 1 aromatic carbocycles. The molecule has 4 heteroatoms. The van der Waals surface area contributed by atoms with Crippen LogP contribution in [0.2, 0.25) is 0 Å². The number of hydrogen-bond acceptors (Lipinski definition) is 2. The molecule has 0 spiro atoms. The van der Waals surface area contributed by atoms with Gasteiger partial charge in [-0.15, -0.1) is 0 Å². The van der Waals surface area contributed by atoms with Gasteiger partial charge in [0.1, 0.15) is 0 Å². The van der Waals surface area contributed by atoms with Crippen molar-refractivity contribution < 1.29 is 0 Å². The van der Waals surface area contributed by atoms with E-state index in [1.165, 1.54) is 30.5 Å². The Hall–Kier alpha value is -1.81. The van der Waals surface area contributed by atoms with E-state index in [9.17, 15) is 0 Å². The van der Waals surface area contributed by atoms with Crippen molar-refractivity contribution in [2.24, 2.45) is 4.99 Å². The minimum atomic E-state index is 0.934. The zero-order valence-corrected chi connectivity index (χ0v) is 16.2. The molecule has 1 aromatic rings. The first-order valence-corrected chi connectivity index (χ1v) is 9.70. The van der Waals surface area contributed by atoms with Crippen LogP contribution in [0.25, 0.3) is 5.57 Å². The monoisotopic (exact) mass is 342 g/mol. The second-order valence-corrected chi connectivity index (χ2v) is 6.50. The molecule has 0 unspecified atom stereocenters. The summed E-state index contributed by atoms with van der Waals surface area (Å²) in [7, 11) is 1.88. The Morgan fingerprint density at radius 2 is 1.92 bits per heavy atom. The number of guanidine groups is 1. The molecule has 1 aliphatic rings. The highest BCUT2D eigenvalue weighted by Crippen LogP contribution is 2.21. The number of hydrogen-bond donors (Lipinski definition) is 1. The van der Waals surface area contributed by atoms with Crippen LogP contribution < -0.4 is 5.32 Å². The fourth-order valence-corrected chi connectivity index (χ4v) is 3.31. The van der Waals surface area contributed by atoms with E-state index in [2.05, 4.69) is 70.4 Å². The van der Waals surface area contributed by atoms with E-state index in [1.54, 1.807) is 0 Å². The standard InChI is InChI=1S/C21H34N4/c1-4-24(5-2)16-10-9-15-23-21(22-3)25-17-13-20(14-18-25)19-11-7-6-8-12-19/h6-8,11-13H,4-5,9-10,14-18H2,1-3H3,(H,22,23). The minimum absolute atomic E-state index is 0.934. The third kappa shape index (κ3) is 6.20. The molecule has 0 bridgehead atoms. The van der Waals surface area contributed by atoms with Crippen LogP contribution in [0, 0.1) is 0 Å². The van der Waals surface area contributed by atoms with E-state index in [-0.39, 0.29) is 0 Å². The summed E-state index contributed by atoms with van der Waals surface area (Å²) in [4.78, 5) is 9.29. The summed E-state index contributed by atoms with van der Waals surface area (Å²) in [6, 6.07) is 10.7. The van der Waals surface area contributed by atoms with Crippen molar-refractivity contribution in [2.75, 3.05) is 46.3 Å². The second kappa shape index (κ2) is 10.9. The van der Waals surface area contributed by atoms with Crippen LogP contribution in [0.4, 0.5) is 0 Å². The highest BCUT2D eigenvalue weighted by molar-refractivity contribution is 5.81. The summed E-state index contributed by atoms with van der Waals surface area (Å²) in [5.41, 5.74) is 2.80. The van der Waals surface area contributed by atoms with Gasteiger partial charge in [0, 0.05) is 26.7 Å². The highest BCUT2D eigenvalue weighted by Gasteiger charge is 2.15. The lowest BCUT2D eigenvalue weighted by molar-refractivity contribution is 0.297. The van der Waals surface area contributed by atoms with Gasteiger partial charge < -0.3 is 15.1 Å². The van der Waals surface area contributed by atoms with Crippen LogP contribution in [0.3, 0.4) is 0 Å². The molecule has 0 amide bonds. The zero-order chi connectivity index (χ0) is 17.9. The molecular weight excluding hydrogens is 308 g/mol. The van der Waals surface area contributed by atoms with Crippen molar-refractivity contribution in [3.05, 3.63) is 42.0 Å². The lowest BCUT2D eigenvalue weighted by atomic mass is 10.00. The number of aliphatic imine (C=N–C) groups is 1. The number of nitrogens with one attached hydrogen (secondary N) is 1. The second-order valence-electron chi connectivity index (χ2n) is 6.50. The lowest BCUT2D eigenvalue weighted by Crippen LogP contribution is -2.43. The SMILES string of the molecule is CCN(CC)CCCCNC(=NC)N1CC=C(c2ccccc2)CC1. The maximum absolute atomic E-state index is 4.47. The summed E-state index contributed by atoms with van der Waals surface area (Å²) < 4.78 is 0. The van der Waals surface area contributed by atoms with Crippen LogP contribution >= 0.6 is 0 Å². The number of rotatable bonds is 8. The molecule has 0 saturated carbocycles. The average Bonchev–Trinajstić information content (AvgIpc) is 2.68. The van der Waals surface area contributed by atoms with Crippen LogP contribution in [0.15, 0.2) is 41.4 Å². The molecule has 4 nitrogen and oxygen atoms in total. The van der Waals surface area contributed by atoms with Crippen molar-refractivity contribution in [2.45, 2.75) is 33.1 Å². The summed E-state index contributed by atoms with van der Waals surface area (Å²) in [6.07, 6.45) is 5.84. The normalized spacial score (nSPS) is 15.4. The molecule has 1 N–H and O–H groups in total. The lowest BCUT2D eigenvalue weighted by Gasteiger charge is -2.30. The largest absolute Gasteiger partial charge is 0.356 e. The summed E-state index contributed by atoms with van der Waals surface area (Å²) in [5.74, 6) is 1.03.